The van der Waals surface area contributed by atoms with Gasteiger partial charge in [0.05, 0.1) is 4.90 Å². The smallest absolute Gasteiger partial charge is 0.240 e. The van der Waals surface area contributed by atoms with E-state index in [4.69, 9.17) is 5.73 Å². The highest BCUT2D eigenvalue weighted by molar-refractivity contribution is 7.89. The molecule has 0 heterocycles. The van der Waals surface area contributed by atoms with Gasteiger partial charge in [0.2, 0.25) is 10.0 Å². The summed E-state index contributed by atoms with van der Waals surface area (Å²) in [5, 5.41) is 0. The molecule has 0 aliphatic heterocycles. The zero-order valence-electron chi connectivity index (χ0n) is 8.46. The Morgan fingerprint density at radius 2 is 1.64 bits per heavy atom. The quantitative estimate of drug-likeness (QED) is 0.715. The molecule has 1 rings (SSSR count). The van der Waals surface area contributed by atoms with Gasteiger partial charge in [0.15, 0.2) is 0 Å². The second kappa shape index (κ2) is 3.59. The van der Waals surface area contributed by atoms with Crippen LogP contribution >= 0.6 is 0 Å². The number of benzene rings is 1. The van der Waals surface area contributed by atoms with Gasteiger partial charge in [-0.1, -0.05) is 0 Å². The maximum atomic E-state index is 11.6. The van der Waals surface area contributed by atoms with E-state index < -0.39 is 10.0 Å². The van der Waals surface area contributed by atoms with Crippen LogP contribution in [0.3, 0.4) is 0 Å². The van der Waals surface area contributed by atoms with Crippen molar-refractivity contribution in [1.29, 1.82) is 0 Å². The third-order valence-corrected chi connectivity index (χ3v) is 3.74. The first-order valence-electron chi connectivity index (χ1n) is 4.18. The first-order chi connectivity index (χ1) is 6.38. The molecule has 0 aromatic heterocycles. The maximum Gasteiger partial charge on any atom is 0.240 e. The van der Waals surface area contributed by atoms with Crippen LogP contribution in [0.4, 0.5) is 5.69 Å². The molecule has 0 radical (unpaired) electrons. The van der Waals surface area contributed by atoms with Gasteiger partial charge in [0.25, 0.3) is 0 Å². The predicted molar refractivity (Wildman–Crippen MR) is 56.6 cm³/mol. The van der Waals surface area contributed by atoms with E-state index in [1.54, 1.807) is 26.0 Å². The van der Waals surface area contributed by atoms with Crippen molar-refractivity contribution in [3.05, 3.63) is 23.3 Å². The standard InChI is InChI=1S/C9H14N2O2S/c1-6-4-8(10)5-7(2)9(6)14(12,13)11-3/h4-5,11H,10H2,1-3H3. The van der Waals surface area contributed by atoms with Gasteiger partial charge < -0.3 is 5.73 Å². The minimum atomic E-state index is -3.38. The Kier molecular flexibility index (Phi) is 2.82. The minimum absolute atomic E-state index is 0.314. The highest BCUT2D eigenvalue weighted by Gasteiger charge is 2.17. The van der Waals surface area contributed by atoms with Crippen molar-refractivity contribution >= 4 is 15.7 Å². The van der Waals surface area contributed by atoms with Crippen LogP contribution in [0.15, 0.2) is 17.0 Å². The van der Waals surface area contributed by atoms with Crippen LogP contribution < -0.4 is 10.5 Å². The Morgan fingerprint density at radius 1 is 1.21 bits per heavy atom. The molecule has 0 bridgehead atoms. The molecule has 0 fully saturated rings. The number of hydrogen-bond acceptors (Lipinski definition) is 3. The molecule has 5 heteroatoms. The van der Waals surface area contributed by atoms with Gasteiger partial charge in [0.1, 0.15) is 0 Å². The van der Waals surface area contributed by atoms with E-state index in [0.29, 0.717) is 21.7 Å². The lowest BCUT2D eigenvalue weighted by atomic mass is 10.1. The largest absolute Gasteiger partial charge is 0.399 e. The lowest BCUT2D eigenvalue weighted by Crippen LogP contribution is -2.20. The summed E-state index contributed by atoms with van der Waals surface area (Å²) >= 11 is 0. The van der Waals surface area contributed by atoms with Crippen molar-refractivity contribution in [2.75, 3.05) is 12.8 Å². The van der Waals surface area contributed by atoms with E-state index in [0.717, 1.165) is 0 Å². The lowest BCUT2D eigenvalue weighted by molar-refractivity contribution is 0.587. The number of anilines is 1. The molecule has 14 heavy (non-hydrogen) atoms. The molecular formula is C9H14N2O2S. The first-order valence-corrected chi connectivity index (χ1v) is 5.67. The molecule has 4 nitrogen and oxygen atoms in total. The van der Waals surface area contributed by atoms with Gasteiger partial charge in [-0.05, 0) is 44.2 Å². The maximum absolute atomic E-state index is 11.6. The minimum Gasteiger partial charge on any atom is -0.399 e. The SMILES string of the molecule is CNS(=O)(=O)c1c(C)cc(N)cc1C. The Morgan fingerprint density at radius 3 is 2.00 bits per heavy atom. The van der Waals surface area contributed by atoms with Crippen molar-refractivity contribution in [2.45, 2.75) is 18.7 Å². The van der Waals surface area contributed by atoms with Crippen LogP contribution in [0.25, 0.3) is 0 Å². The molecule has 0 amide bonds. The zero-order chi connectivity index (χ0) is 10.9. The fraction of sp³-hybridized carbons (Fsp3) is 0.333. The Bertz CT molecular complexity index is 429. The fourth-order valence-electron chi connectivity index (χ4n) is 1.51. The van der Waals surface area contributed by atoms with Crippen LogP contribution in [-0.2, 0) is 10.0 Å². The van der Waals surface area contributed by atoms with Crippen molar-refractivity contribution in [3.63, 3.8) is 0 Å². The van der Waals surface area contributed by atoms with E-state index in [2.05, 4.69) is 4.72 Å². The van der Waals surface area contributed by atoms with Gasteiger partial charge in [-0.15, -0.1) is 0 Å². The van der Waals surface area contributed by atoms with Crippen LogP contribution in [0.2, 0.25) is 0 Å². The Hall–Kier alpha value is -1.07. The van der Waals surface area contributed by atoms with Crippen LogP contribution in [0.5, 0.6) is 0 Å². The van der Waals surface area contributed by atoms with Gasteiger partial charge in [-0.25, -0.2) is 13.1 Å². The third kappa shape index (κ3) is 1.88. The summed E-state index contributed by atoms with van der Waals surface area (Å²) < 4.78 is 25.5. The summed E-state index contributed by atoms with van der Waals surface area (Å²) in [6.45, 7) is 3.46. The number of rotatable bonds is 2. The molecule has 78 valence electrons. The molecule has 0 aliphatic carbocycles. The number of nitrogens with one attached hydrogen (secondary N) is 1. The van der Waals surface area contributed by atoms with Crippen LogP contribution in [0, 0.1) is 13.8 Å². The van der Waals surface area contributed by atoms with Crippen molar-refractivity contribution in [3.8, 4) is 0 Å². The highest BCUT2D eigenvalue weighted by atomic mass is 32.2. The summed E-state index contributed by atoms with van der Waals surface area (Å²) in [5.41, 5.74) is 7.50. The molecular weight excluding hydrogens is 200 g/mol. The third-order valence-electron chi connectivity index (χ3n) is 2.02. The Balaban J connectivity index is 3.51. The second-order valence-electron chi connectivity index (χ2n) is 3.19. The van der Waals surface area contributed by atoms with E-state index in [9.17, 15) is 8.42 Å². The number of nitrogens with two attached hydrogens (primary N) is 1. The Labute approximate surface area is 84.2 Å². The van der Waals surface area contributed by atoms with Crippen LogP contribution in [0.1, 0.15) is 11.1 Å². The lowest BCUT2D eigenvalue weighted by Gasteiger charge is -2.10. The molecule has 0 unspecified atom stereocenters. The number of nitrogen functional groups attached to an aromatic ring is 1. The second-order valence-corrected chi connectivity index (χ2v) is 5.01. The van der Waals surface area contributed by atoms with Crippen molar-refractivity contribution in [2.24, 2.45) is 0 Å². The summed E-state index contributed by atoms with van der Waals surface area (Å²) in [6.07, 6.45) is 0. The van der Waals surface area contributed by atoms with Gasteiger partial charge >= 0.3 is 0 Å². The molecule has 0 saturated heterocycles. The van der Waals surface area contributed by atoms with E-state index in [1.165, 1.54) is 7.05 Å². The molecule has 0 aliphatic rings. The number of hydrogen-bond donors (Lipinski definition) is 2. The van der Waals surface area contributed by atoms with Gasteiger partial charge in [0, 0.05) is 5.69 Å². The molecule has 0 spiro atoms. The van der Waals surface area contributed by atoms with E-state index >= 15 is 0 Å². The summed E-state index contributed by atoms with van der Waals surface area (Å²) in [4.78, 5) is 0.314. The van der Waals surface area contributed by atoms with Gasteiger partial charge in [-0.3, -0.25) is 0 Å². The van der Waals surface area contributed by atoms with Crippen molar-refractivity contribution in [1.82, 2.24) is 4.72 Å². The molecule has 3 N–H and O–H groups in total. The first kappa shape index (κ1) is 11.0. The zero-order valence-corrected chi connectivity index (χ0v) is 9.27. The predicted octanol–water partition coefficient (Wildman–Crippen LogP) is 0.794. The van der Waals surface area contributed by atoms with E-state index in [1.807, 2.05) is 0 Å². The molecule has 1 aromatic carbocycles. The normalized spacial score (nSPS) is 11.6. The molecule has 0 saturated carbocycles. The topological polar surface area (TPSA) is 72.2 Å². The number of sulfonamides is 1. The summed E-state index contributed by atoms with van der Waals surface area (Å²) in [5.74, 6) is 0. The van der Waals surface area contributed by atoms with Gasteiger partial charge in [-0.2, -0.15) is 0 Å². The summed E-state index contributed by atoms with van der Waals surface area (Å²) in [6, 6.07) is 3.30. The highest BCUT2D eigenvalue weighted by Crippen LogP contribution is 2.22. The average Bonchev–Trinajstić information content (AvgIpc) is 2.01. The van der Waals surface area contributed by atoms with Crippen molar-refractivity contribution < 1.29 is 8.42 Å². The summed E-state index contributed by atoms with van der Waals surface area (Å²) in [7, 11) is -1.99. The monoisotopic (exact) mass is 214 g/mol. The average molecular weight is 214 g/mol. The number of aryl methyl sites for hydroxylation is 2. The molecule has 1 aromatic rings. The molecule has 0 atom stereocenters. The fourth-order valence-corrected chi connectivity index (χ4v) is 2.68. The van der Waals surface area contributed by atoms with E-state index in [-0.39, 0.29) is 0 Å². The van der Waals surface area contributed by atoms with Crippen LogP contribution in [-0.4, -0.2) is 15.5 Å².